The highest BCUT2D eigenvalue weighted by Gasteiger charge is 2.15. The van der Waals surface area contributed by atoms with E-state index in [-0.39, 0.29) is 35.9 Å². The van der Waals surface area contributed by atoms with Crippen LogP contribution in [0.1, 0.15) is 18.4 Å². The average Bonchev–Trinajstić information content (AvgIpc) is 3.26. The van der Waals surface area contributed by atoms with Crippen molar-refractivity contribution in [1.29, 1.82) is 0 Å². The van der Waals surface area contributed by atoms with Gasteiger partial charge in [-0.1, -0.05) is 6.07 Å². The van der Waals surface area contributed by atoms with Crippen molar-refractivity contribution >= 4 is 29.9 Å². The molecule has 2 heterocycles. The standard InChI is InChI=1S/C21H27FN4O3.HI/c1-23-21(24-10-2-11-28-19-9-12-27-15-19)26-14-16-3-8-20(25-13-16)29-18-6-4-17(22)5-7-18;/h3-8,13,19H,2,9-12,14-15H2,1H3,(H2,23,24,26);1H. The van der Waals surface area contributed by atoms with Crippen molar-refractivity contribution in [3.63, 3.8) is 0 Å². The summed E-state index contributed by atoms with van der Waals surface area (Å²) in [6.07, 6.45) is 3.86. The van der Waals surface area contributed by atoms with Gasteiger partial charge in [-0.15, -0.1) is 24.0 Å². The first-order chi connectivity index (χ1) is 14.2. The predicted molar refractivity (Wildman–Crippen MR) is 124 cm³/mol. The molecule has 1 saturated heterocycles. The number of hydrogen-bond donors (Lipinski definition) is 2. The van der Waals surface area contributed by atoms with Crippen molar-refractivity contribution in [2.45, 2.75) is 25.5 Å². The molecular weight excluding hydrogens is 502 g/mol. The zero-order valence-electron chi connectivity index (χ0n) is 17.0. The number of nitrogens with one attached hydrogen (secondary N) is 2. The Balaban J connectivity index is 0.00000320. The van der Waals surface area contributed by atoms with Crippen LogP contribution in [0.5, 0.6) is 11.6 Å². The third-order valence-corrected chi connectivity index (χ3v) is 4.37. The van der Waals surface area contributed by atoms with E-state index < -0.39 is 0 Å². The Bertz CT molecular complexity index is 769. The van der Waals surface area contributed by atoms with Crippen LogP contribution in [0.15, 0.2) is 47.6 Å². The van der Waals surface area contributed by atoms with Crippen molar-refractivity contribution in [2.24, 2.45) is 4.99 Å². The molecule has 1 aromatic carbocycles. The highest BCUT2D eigenvalue weighted by molar-refractivity contribution is 14.0. The van der Waals surface area contributed by atoms with E-state index in [9.17, 15) is 4.39 Å². The SMILES string of the molecule is CN=C(NCCCOC1CCOC1)NCc1ccc(Oc2ccc(F)cc2)nc1.I. The van der Waals surface area contributed by atoms with E-state index in [1.165, 1.54) is 12.1 Å². The molecule has 0 radical (unpaired) electrons. The molecule has 0 amide bonds. The first kappa shape index (κ1) is 24.3. The molecule has 3 rings (SSSR count). The van der Waals surface area contributed by atoms with E-state index >= 15 is 0 Å². The summed E-state index contributed by atoms with van der Waals surface area (Å²) in [5.41, 5.74) is 0.990. The molecule has 9 heteroatoms. The smallest absolute Gasteiger partial charge is 0.219 e. The van der Waals surface area contributed by atoms with Crippen LogP contribution < -0.4 is 15.4 Å². The van der Waals surface area contributed by atoms with Gasteiger partial charge in [-0.3, -0.25) is 4.99 Å². The third kappa shape index (κ3) is 8.41. The highest BCUT2D eigenvalue weighted by atomic mass is 127. The molecule has 0 spiro atoms. The van der Waals surface area contributed by atoms with Gasteiger partial charge in [0.2, 0.25) is 5.88 Å². The largest absolute Gasteiger partial charge is 0.439 e. The van der Waals surface area contributed by atoms with Gasteiger partial charge in [-0.05, 0) is 42.7 Å². The second-order valence-electron chi connectivity index (χ2n) is 6.62. The Kier molecular flexibility index (Phi) is 10.8. The molecule has 1 fully saturated rings. The number of aliphatic imine (C=N–C) groups is 1. The maximum atomic E-state index is 12.9. The molecule has 2 N–H and O–H groups in total. The maximum Gasteiger partial charge on any atom is 0.219 e. The Morgan fingerprint density at radius 1 is 1.23 bits per heavy atom. The number of benzene rings is 1. The van der Waals surface area contributed by atoms with Crippen LogP contribution in [-0.4, -0.2) is 50.5 Å². The highest BCUT2D eigenvalue weighted by Crippen LogP contribution is 2.19. The summed E-state index contributed by atoms with van der Waals surface area (Å²) in [4.78, 5) is 8.50. The van der Waals surface area contributed by atoms with E-state index in [0.717, 1.165) is 37.5 Å². The third-order valence-electron chi connectivity index (χ3n) is 4.37. The number of nitrogens with zero attached hydrogens (tertiary/aromatic N) is 2. The molecule has 0 aliphatic carbocycles. The topological polar surface area (TPSA) is 77.0 Å². The van der Waals surface area contributed by atoms with Crippen LogP contribution in [-0.2, 0) is 16.0 Å². The lowest BCUT2D eigenvalue weighted by Crippen LogP contribution is -2.37. The molecule has 1 aromatic heterocycles. The van der Waals surface area contributed by atoms with Gasteiger partial charge in [0.25, 0.3) is 0 Å². The van der Waals surface area contributed by atoms with Crippen LogP contribution in [0.3, 0.4) is 0 Å². The van der Waals surface area contributed by atoms with Crippen LogP contribution in [0, 0.1) is 5.82 Å². The van der Waals surface area contributed by atoms with Gasteiger partial charge in [0, 0.05) is 45.6 Å². The molecule has 1 aliphatic rings. The van der Waals surface area contributed by atoms with Gasteiger partial charge < -0.3 is 24.8 Å². The molecule has 30 heavy (non-hydrogen) atoms. The van der Waals surface area contributed by atoms with Crippen molar-refractivity contribution < 1.29 is 18.6 Å². The van der Waals surface area contributed by atoms with Crippen molar-refractivity contribution in [1.82, 2.24) is 15.6 Å². The molecule has 2 aromatic rings. The number of rotatable bonds is 9. The minimum absolute atomic E-state index is 0. The Morgan fingerprint density at radius 3 is 2.73 bits per heavy atom. The molecule has 1 atom stereocenters. The number of ether oxygens (including phenoxy) is 3. The van der Waals surface area contributed by atoms with E-state index in [4.69, 9.17) is 14.2 Å². The van der Waals surface area contributed by atoms with Crippen LogP contribution in [0.25, 0.3) is 0 Å². The summed E-state index contributed by atoms with van der Waals surface area (Å²) < 4.78 is 29.6. The normalized spacial score (nSPS) is 16.1. The van der Waals surface area contributed by atoms with E-state index in [1.807, 2.05) is 6.07 Å². The van der Waals surface area contributed by atoms with Gasteiger partial charge in [0.1, 0.15) is 11.6 Å². The molecule has 1 aliphatic heterocycles. The average molecular weight is 530 g/mol. The molecule has 1 unspecified atom stereocenters. The quantitative estimate of drug-likeness (QED) is 0.224. The second-order valence-corrected chi connectivity index (χ2v) is 6.62. The Hall–Kier alpha value is -1.98. The lowest BCUT2D eigenvalue weighted by atomic mass is 10.3. The summed E-state index contributed by atoms with van der Waals surface area (Å²) in [6.45, 7) is 3.57. The minimum atomic E-state index is -0.301. The van der Waals surface area contributed by atoms with Crippen LogP contribution in [0.2, 0.25) is 0 Å². The summed E-state index contributed by atoms with van der Waals surface area (Å²) >= 11 is 0. The number of halogens is 2. The fourth-order valence-electron chi connectivity index (χ4n) is 2.78. The van der Waals surface area contributed by atoms with Crippen LogP contribution >= 0.6 is 24.0 Å². The van der Waals surface area contributed by atoms with Crippen molar-refractivity contribution in [3.05, 3.63) is 54.0 Å². The molecule has 7 nitrogen and oxygen atoms in total. The zero-order valence-corrected chi connectivity index (χ0v) is 19.3. The van der Waals surface area contributed by atoms with Crippen molar-refractivity contribution in [2.75, 3.05) is 33.4 Å². The van der Waals surface area contributed by atoms with Gasteiger partial charge >= 0.3 is 0 Å². The lowest BCUT2D eigenvalue weighted by Gasteiger charge is -2.13. The van der Waals surface area contributed by atoms with Gasteiger partial charge in [0.15, 0.2) is 5.96 Å². The minimum Gasteiger partial charge on any atom is -0.439 e. The fraction of sp³-hybridized carbons (Fsp3) is 0.429. The number of hydrogen-bond acceptors (Lipinski definition) is 5. The monoisotopic (exact) mass is 530 g/mol. The summed E-state index contributed by atoms with van der Waals surface area (Å²) in [7, 11) is 1.74. The fourth-order valence-corrected chi connectivity index (χ4v) is 2.78. The van der Waals surface area contributed by atoms with Gasteiger partial charge in [-0.2, -0.15) is 0 Å². The number of guanidine groups is 1. The lowest BCUT2D eigenvalue weighted by molar-refractivity contribution is 0.0420. The maximum absolute atomic E-state index is 12.9. The first-order valence-electron chi connectivity index (χ1n) is 9.75. The molecular formula is C21H28FIN4O3. The Morgan fingerprint density at radius 2 is 2.07 bits per heavy atom. The number of pyridine rings is 1. The summed E-state index contributed by atoms with van der Waals surface area (Å²) in [6, 6.07) is 9.52. The van der Waals surface area contributed by atoms with Crippen LogP contribution in [0.4, 0.5) is 4.39 Å². The Labute approximate surface area is 193 Å². The summed E-state index contributed by atoms with van der Waals surface area (Å²) in [5, 5.41) is 6.51. The second kappa shape index (κ2) is 13.3. The predicted octanol–water partition coefficient (Wildman–Crippen LogP) is 3.49. The van der Waals surface area contributed by atoms with Crippen molar-refractivity contribution in [3.8, 4) is 11.6 Å². The molecule has 164 valence electrons. The summed E-state index contributed by atoms with van der Waals surface area (Å²) in [5.74, 6) is 1.42. The van der Waals surface area contributed by atoms with E-state index in [0.29, 0.717) is 31.4 Å². The van der Waals surface area contributed by atoms with E-state index in [1.54, 1.807) is 31.4 Å². The van der Waals surface area contributed by atoms with Gasteiger partial charge in [-0.25, -0.2) is 9.37 Å². The van der Waals surface area contributed by atoms with E-state index in [2.05, 4.69) is 20.6 Å². The molecule has 0 saturated carbocycles. The van der Waals surface area contributed by atoms with Gasteiger partial charge in [0.05, 0.1) is 12.7 Å². The molecule has 0 bridgehead atoms. The number of aromatic nitrogens is 1. The first-order valence-corrected chi connectivity index (χ1v) is 9.75. The zero-order chi connectivity index (χ0) is 20.3.